The van der Waals surface area contributed by atoms with E-state index in [4.69, 9.17) is 20.9 Å². The van der Waals surface area contributed by atoms with E-state index in [2.05, 4.69) is 9.98 Å². The van der Waals surface area contributed by atoms with Gasteiger partial charge in [0.2, 0.25) is 0 Å². The van der Waals surface area contributed by atoms with E-state index in [9.17, 15) is 9.59 Å². The van der Waals surface area contributed by atoms with Gasteiger partial charge in [0.15, 0.2) is 0 Å². The molecule has 8 nitrogen and oxygen atoms in total. The number of aliphatic imine (C=N–C) groups is 2. The van der Waals surface area contributed by atoms with Gasteiger partial charge in [-0.25, -0.2) is 9.59 Å². The summed E-state index contributed by atoms with van der Waals surface area (Å²) in [4.78, 5) is 32.1. The number of fused-ring (bicyclic) bond motifs is 2. The SMILES string of the molecule is CC(C)(C)OC(=O)/N=C(\N)c1cccc2c1=c1c(/C(N)=N/C(=O)OC(C)(C)C)cccc1=2. The number of nitrogens with zero attached hydrogens (tertiary/aromatic N) is 2. The normalized spacial score (nSPS) is 13.6. The number of benzene rings is 2. The molecule has 0 aromatic heterocycles. The molecule has 0 spiro atoms. The zero-order valence-electron chi connectivity index (χ0n) is 19.1. The summed E-state index contributed by atoms with van der Waals surface area (Å²) in [6, 6.07) is 11.1. The first-order valence-electron chi connectivity index (χ1n) is 10.2. The first kappa shape index (κ1) is 23.0. The lowest BCUT2D eigenvalue weighted by Crippen LogP contribution is -2.25. The van der Waals surface area contributed by atoms with Crippen molar-refractivity contribution in [1.29, 1.82) is 0 Å². The average molecular weight is 437 g/mol. The summed E-state index contributed by atoms with van der Waals surface area (Å²) in [5, 5.41) is 3.44. The van der Waals surface area contributed by atoms with Crippen molar-refractivity contribution in [3.05, 3.63) is 68.4 Å². The van der Waals surface area contributed by atoms with Crippen LogP contribution in [0.5, 0.6) is 0 Å². The second kappa shape index (κ2) is 8.11. The molecule has 0 saturated heterocycles. The highest BCUT2D eigenvalue weighted by Gasteiger charge is 2.20. The van der Waals surface area contributed by atoms with Crippen LogP contribution >= 0.6 is 0 Å². The minimum Gasteiger partial charge on any atom is -0.442 e. The van der Waals surface area contributed by atoms with Crippen LogP contribution < -0.4 is 11.5 Å². The van der Waals surface area contributed by atoms with Crippen LogP contribution in [-0.2, 0) is 9.47 Å². The molecule has 4 N–H and O–H groups in total. The molecule has 32 heavy (non-hydrogen) atoms. The minimum absolute atomic E-state index is 0.0270. The van der Waals surface area contributed by atoms with Gasteiger partial charge >= 0.3 is 12.2 Å². The van der Waals surface area contributed by atoms with Crippen LogP contribution in [-0.4, -0.2) is 35.1 Å². The molecule has 0 saturated carbocycles. The molecule has 0 fully saturated rings. The van der Waals surface area contributed by atoms with E-state index >= 15 is 0 Å². The number of amidine groups is 2. The van der Waals surface area contributed by atoms with Gasteiger partial charge in [0.25, 0.3) is 0 Å². The Morgan fingerprint density at radius 1 is 0.688 bits per heavy atom. The van der Waals surface area contributed by atoms with Crippen molar-refractivity contribution < 1.29 is 19.1 Å². The summed E-state index contributed by atoms with van der Waals surface area (Å²) >= 11 is 0. The summed E-state index contributed by atoms with van der Waals surface area (Å²) in [5.74, 6) is 0.0541. The number of hydrogen-bond donors (Lipinski definition) is 2. The fourth-order valence-corrected chi connectivity index (χ4v) is 3.34. The monoisotopic (exact) mass is 436 g/mol. The van der Waals surface area contributed by atoms with Gasteiger partial charge in [-0.05, 0) is 52.0 Å². The Labute approximate surface area is 186 Å². The van der Waals surface area contributed by atoms with Gasteiger partial charge < -0.3 is 20.9 Å². The fourth-order valence-electron chi connectivity index (χ4n) is 3.34. The number of ether oxygens (including phenoxy) is 2. The summed E-state index contributed by atoms with van der Waals surface area (Å²) in [7, 11) is 0. The number of amides is 2. The third-order valence-electron chi connectivity index (χ3n) is 4.43. The van der Waals surface area contributed by atoms with Gasteiger partial charge in [0.1, 0.15) is 22.9 Å². The van der Waals surface area contributed by atoms with Crippen molar-refractivity contribution in [3.63, 3.8) is 0 Å². The second-order valence-electron chi connectivity index (χ2n) is 9.41. The number of nitrogens with two attached hydrogens (primary N) is 2. The van der Waals surface area contributed by atoms with E-state index in [1.54, 1.807) is 53.7 Å². The van der Waals surface area contributed by atoms with Crippen LogP contribution in [0.25, 0.3) is 0 Å². The predicted octanol–water partition coefficient (Wildman–Crippen LogP) is 3.85. The molecular formula is C24H28N4O4. The molecule has 0 bridgehead atoms. The van der Waals surface area contributed by atoms with Crippen molar-refractivity contribution in [1.82, 2.24) is 0 Å². The molecule has 0 heterocycles. The van der Waals surface area contributed by atoms with Crippen LogP contribution in [0.15, 0.2) is 46.4 Å². The summed E-state index contributed by atoms with van der Waals surface area (Å²) in [6.07, 6.45) is -1.54. The van der Waals surface area contributed by atoms with Gasteiger partial charge in [-0.2, -0.15) is 9.98 Å². The van der Waals surface area contributed by atoms with E-state index in [1.165, 1.54) is 0 Å². The van der Waals surface area contributed by atoms with Crippen LogP contribution in [0.3, 0.4) is 0 Å². The number of rotatable bonds is 2. The standard InChI is InChI=1S/C24H28N4O4/c1-23(2,3)31-21(29)27-19(25)15-11-7-9-13-14-10-8-12-16(18(14)17(13)15)20(26)28-22(30)32-24(4,5)6/h7-12H,1-6H3,(H2,25,27,29)(H2,26,28,30). The lowest BCUT2D eigenvalue weighted by atomic mass is 9.93. The summed E-state index contributed by atoms with van der Waals surface area (Å²) in [6.45, 7) is 10.5. The highest BCUT2D eigenvalue weighted by molar-refractivity contribution is 6.05. The van der Waals surface area contributed by atoms with Crippen molar-refractivity contribution in [2.24, 2.45) is 21.5 Å². The smallest absolute Gasteiger partial charge is 0.436 e. The summed E-state index contributed by atoms with van der Waals surface area (Å²) < 4.78 is 10.5. The van der Waals surface area contributed by atoms with Gasteiger partial charge in [-0.3, -0.25) is 0 Å². The van der Waals surface area contributed by atoms with E-state index in [1.807, 2.05) is 24.3 Å². The van der Waals surface area contributed by atoms with Gasteiger partial charge in [-0.1, -0.05) is 36.4 Å². The van der Waals surface area contributed by atoms with Gasteiger partial charge in [0, 0.05) is 21.6 Å². The van der Waals surface area contributed by atoms with Crippen LogP contribution in [0.1, 0.15) is 52.7 Å². The van der Waals surface area contributed by atoms with Crippen molar-refractivity contribution in [2.45, 2.75) is 52.7 Å². The van der Waals surface area contributed by atoms with Crippen molar-refractivity contribution >= 4 is 23.9 Å². The van der Waals surface area contributed by atoms with Crippen molar-refractivity contribution in [2.75, 3.05) is 0 Å². The first-order chi connectivity index (χ1) is 14.8. The molecular weight excluding hydrogens is 408 g/mol. The Kier molecular flexibility index (Phi) is 5.82. The maximum atomic E-state index is 12.1. The molecule has 2 amide bonds. The molecule has 1 aliphatic carbocycles. The molecule has 0 unspecified atom stereocenters. The Bertz CT molecular complexity index is 1240. The Hall–Kier alpha value is -3.68. The lowest BCUT2D eigenvalue weighted by molar-refractivity contribution is 0.0592. The zero-order chi connectivity index (χ0) is 23.8. The average Bonchev–Trinajstić information content (AvgIpc) is 2.61. The minimum atomic E-state index is -0.772. The van der Waals surface area contributed by atoms with E-state index < -0.39 is 23.4 Å². The lowest BCUT2D eigenvalue weighted by Gasteiger charge is -2.18. The quantitative estimate of drug-likeness (QED) is 0.463. The molecule has 1 aliphatic rings. The molecule has 8 heteroatoms. The third kappa shape index (κ3) is 4.96. The van der Waals surface area contributed by atoms with Gasteiger partial charge in [-0.15, -0.1) is 0 Å². The van der Waals surface area contributed by atoms with Crippen molar-refractivity contribution in [3.8, 4) is 0 Å². The Morgan fingerprint density at radius 2 is 1.03 bits per heavy atom. The van der Waals surface area contributed by atoms with E-state index in [-0.39, 0.29) is 11.7 Å². The topological polar surface area (TPSA) is 129 Å². The van der Waals surface area contributed by atoms with E-state index in [0.29, 0.717) is 11.1 Å². The largest absolute Gasteiger partial charge is 0.442 e. The molecule has 3 rings (SSSR count). The van der Waals surface area contributed by atoms with Crippen LogP contribution in [0.4, 0.5) is 9.59 Å². The third-order valence-corrected chi connectivity index (χ3v) is 4.43. The molecule has 168 valence electrons. The zero-order valence-corrected chi connectivity index (χ0v) is 19.1. The molecule has 0 radical (unpaired) electrons. The predicted molar refractivity (Wildman–Crippen MR) is 122 cm³/mol. The van der Waals surface area contributed by atoms with Crippen LogP contribution in [0, 0.1) is 20.9 Å². The second-order valence-corrected chi connectivity index (χ2v) is 9.41. The first-order valence-corrected chi connectivity index (χ1v) is 10.2. The Morgan fingerprint density at radius 3 is 1.34 bits per heavy atom. The van der Waals surface area contributed by atoms with Gasteiger partial charge in [0.05, 0.1) is 0 Å². The maximum absolute atomic E-state index is 12.1. The van der Waals surface area contributed by atoms with E-state index in [0.717, 1.165) is 20.9 Å². The molecule has 2 aromatic rings. The molecule has 0 aliphatic heterocycles. The number of carbonyl (C=O) groups excluding carboxylic acids is 2. The molecule has 0 atom stereocenters. The Balaban J connectivity index is 2.13. The highest BCUT2D eigenvalue weighted by Crippen LogP contribution is 2.20. The fraction of sp³-hybridized carbons (Fsp3) is 0.333. The maximum Gasteiger partial charge on any atom is 0.436 e. The number of carbonyl (C=O) groups is 2. The number of hydrogen-bond acceptors (Lipinski definition) is 4. The highest BCUT2D eigenvalue weighted by atomic mass is 16.6. The summed E-state index contributed by atoms with van der Waals surface area (Å²) in [5.41, 5.74) is 12.1. The molecule has 2 aromatic carbocycles. The van der Waals surface area contributed by atoms with Crippen LogP contribution in [0.2, 0.25) is 0 Å².